The fourth-order valence-electron chi connectivity index (χ4n) is 8.83. The van der Waals surface area contributed by atoms with E-state index in [1.165, 1.54) is 53.9 Å². The van der Waals surface area contributed by atoms with Crippen LogP contribution in [0.5, 0.6) is 0 Å². The molecule has 0 aliphatic rings. The number of thiophene rings is 1. The van der Waals surface area contributed by atoms with Gasteiger partial charge in [0.2, 0.25) is 0 Å². The molecule has 0 unspecified atom stereocenters. The standard InChI is InChI=1S/C52H32N4S/c1-3-15-33(16-4-1)52-53-49(51-50(54-52)41-23-9-12-28-47(41)57-51)35-18-13-17-34(31-35)38-24-14-27-46-48(38)42-32-37(29-30-45(42)55(46)36-19-5-2-6-20-36)56-43-25-10-7-21-39(43)40-22-8-11-26-44(40)56/h1-32H. The molecule has 0 atom stereocenters. The van der Waals surface area contributed by atoms with Crippen LogP contribution < -0.4 is 0 Å². The highest BCUT2D eigenvalue weighted by atomic mass is 32.1. The molecule has 8 aromatic carbocycles. The molecular formula is C52H32N4S. The zero-order valence-electron chi connectivity index (χ0n) is 30.7. The van der Waals surface area contributed by atoms with Crippen LogP contribution in [0.15, 0.2) is 194 Å². The third-order valence-corrected chi connectivity index (χ3v) is 12.5. The molecule has 0 saturated heterocycles. The van der Waals surface area contributed by atoms with Crippen LogP contribution >= 0.6 is 11.3 Å². The Morgan fingerprint density at radius 1 is 0.386 bits per heavy atom. The topological polar surface area (TPSA) is 35.6 Å². The van der Waals surface area contributed by atoms with Crippen LogP contribution in [0.25, 0.3) is 109 Å². The summed E-state index contributed by atoms with van der Waals surface area (Å²) in [7, 11) is 0. The van der Waals surface area contributed by atoms with Crippen LogP contribution in [0.1, 0.15) is 0 Å². The summed E-state index contributed by atoms with van der Waals surface area (Å²) in [5.74, 6) is 0.734. The molecule has 0 amide bonds. The average molecular weight is 745 g/mol. The van der Waals surface area contributed by atoms with Crippen molar-refractivity contribution in [2.24, 2.45) is 0 Å². The van der Waals surface area contributed by atoms with Gasteiger partial charge in [0.1, 0.15) is 0 Å². The minimum Gasteiger partial charge on any atom is -0.309 e. The predicted molar refractivity (Wildman–Crippen MR) is 240 cm³/mol. The summed E-state index contributed by atoms with van der Waals surface area (Å²) in [6, 6.07) is 69.6. The second-order valence-electron chi connectivity index (χ2n) is 14.6. The molecule has 0 aliphatic carbocycles. The molecule has 0 N–H and O–H groups in total. The summed E-state index contributed by atoms with van der Waals surface area (Å²) >= 11 is 1.77. The molecule has 0 aliphatic heterocycles. The molecule has 0 bridgehead atoms. The van der Waals surface area contributed by atoms with Gasteiger partial charge in [-0.05, 0) is 71.8 Å². The van der Waals surface area contributed by atoms with E-state index >= 15 is 0 Å². The SMILES string of the molecule is c1ccc(-c2nc(-c3cccc(-c4cccc5c4c4cc(-n6c7ccccc7c7ccccc76)ccc4n5-c4ccccc4)c3)c3sc4ccccc4c3n2)cc1. The average Bonchev–Trinajstić information content (AvgIpc) is 3.94. The molecular weight excluding hydrogens is 713 g/mol. The molecule has 0 radical (unpaired) electrons. The van der Waals surface area contributed by atoms with Crippen molar-refractivity contribution in [1.29, 1.82) is 0 Å². The van der Waals surface area contributed by atoms with E-state index < -0.39 is 0 Å². The number of rotatable bonds is 5. The number of fused-ring (bicyclic) bond motifs is 9. The molecule has 12 aromatic rings. The first-order valence-electron chi connectivity index (χ1n) is 19.3. The van der Waals surface area contributed by atoms with Crippen molar-refractivity contribution < 1.29 is 0 Å². The summed E-state index contributed by atoms with van der Waals surface area (Å²) in [4.78, 5) is 10.5. The first-order valence-corrected chi connectivity index (χ1v) is 20.1. The van der Waals surface area contributed by atoms with E-state index in [1.807, 2.05) is 18.2 Å². The number of benzene rings is 8. The number of para-hydroxylation sites is 3. The molecule has 4 heterocycles. The van der Waals surface area contributed by atoms with Gasteiger partial charge in [-0.3, -0.25) is 0 Å². The highest BCUT2D eigenvalue weighted by Gasteiger charge is 2.21. The molecule has 57 heavy (non-hydrogen) atoms. The minimum atomic E-state index is 0.734. The van der Waals surface area contributed by atoms with Gasteiger partial charge in [-0.2, -0.15) is 0 Å². The Bertz CT molecular complexity index is 3470. The van der Waals surface area contributed by atoms with E-state index in [0.717, 1.165) is 55.2 Å². The van der Waals surface area contributed by atoms with Gasteiger partial charge >= 0.3 is 0 Å². The van der Waals surface area contributed by atoms with Crippen LogP contribution in [0.3, 0.4) is 0 Å². The maximum absolute atomic E-state index is 5.31. The van der Waals surface area contributed by atoms with Gasteiger partial charge in [-0.25, -0.2) is 9.97 Å². The zero-order chi connectivity index (χ0) is 37.5. The fraction of sp³-hybridized carbons (Fsp3) is 0. The number of hydrogen-bond donors (Lipinski definition) is 0. The van der Waals surface area contributed by atoms with Gasteiger partial charge in [-0.1, -0.05) is 133 Å². The van der Waals surface area contributed by atoms with Gasteiger partial charge < -0.3 is 9.13 Å². The molecule has 4 nitrogen and oxygen atoms in total. The van der Waals surface area contributed by atoms with Gasteiger partial charge in [0.25, 0.3) is 0 Å². The monoisotopic (exact) mass is 744 g/mol. The molecule has 4 aromatic heterocycles. The van der Waals surface area contributed by atoms with Crippen molar-refractivity contribution in [3.8, 4) is 45.1 Å². The molecule has 0 saturated carbocycles. The van der Waals surface area contributed by atoms with Crippen LogP contribution in [0.4, 0.5) is 0 Å². The Morgan fingerprint density at radius 3 is 1.77 bits per heavy atom. The smallest absolute Gasteiger partial charge is 0.160 e. The van der Waals surface area contributed by atoms with E-state index in [-0.39, 0.29) is 0 Å². The Morgan fingerprint density at radius 2 is 0.982 bits per heavy atom. The summed E-state index contributed by atoms with van der Waals surface area (Å²) in [6.45, 7) is 0. The fourth-order valence-corrected chi connectivity index (χ4v) is 9.98. The van der Waals surface area contributed by atoms with Gasteiger partial charge in [0, 0.05) is 54.1 Å². The lowest BCUT2D eigenvalue weighted by Gasteiger charge is -2.11. The highest BCUT2D eigenvalue weighted by Crippen LogP contribution is 2.43. The van der Waals surface area contributed by atoms with Crippen LogP contribution in [-0.2, 0) is 0 Å². The predicted octanol–water partition coefficient (Wildman–Crippen LogP) is 14.0. The minimum absolute atomic E-state index is 0.734. The lowest BCUT2D eigenvalue weighted by atomic mass is 9.97. The van der Waals surface area contributed by atoms with E-state index in [9.17, 15) is 0 Å². The van der Waals surface area contributed by atoms with E-state index in [2.05, 4.69) is 185 Å². The lowest BCUT2D eigenvalue weighted by molar-refractivity contribution is 1.17. The Balaban J connectivity index is 1.12. The molecule has 5 heteroatoms. The maximum Gasteiger partial charge on any atom is 0.160 e. The van der Waals surface area contributed by atoms with Crippen molar-refractivity contribution in [2.45, 2.75) is 0 Å². The first-order chi connectivity index (χ1) is 28.3. The van der Waals surface area contributed by atoms with Gasteiger partial charge in [-0.15, -0.1) is 11.3 Å². The third-order valence-electron chi connectivity index (χ3n) is 11.3. The van der Waals surface area contributed by atoms with Gasteiger partial charge in [0.05, 0.1) is 38.0 Å². The molecule has 266 valence electrons. The Kier molecular flexibility index (Phi) is 7.06. The third kappa shape index (κ3) is 4.93. The summed E-state index contributed by atoms with van der Waals surface area (Å²) < 4.78 is 7.13. The summed E-state index contributed by atoms with van der Waals surface area (Å²) in [5, 5.41) is 6.09. The van der Waals surface area contributed by atoms with Crippen LogP contribution in [0, 0.1) is 0 Å². The van der Waals surface area contributed by atoms with Crippen molar-refractivity contribution in [3.63, 3.8) is 0 Å². The van der Waals surface area contributed by atoms with E-state index in [0.29, 0.717) is 0 Å². The number of hydrogen-bond acceptors (Lipinski definition) is 3. The first kappa shape index (κ1) is 32.0. The molecule has 0 spiro atoms. The van der Waals surface area contributed by atoms with Crippen molar-refractivity contribution in [1.82, 2.24) is 19.1 Å². The number of nitrogens with zero attached hydrogens (tertiary/aromatic N) is 4. The second kappa shape index (κ2) is 12.6. The largest absolute Gasteiger partial charge is 0.309 e. The Hall–Kier alpha value is -7.34. The van der Waals surface area contributed by atoms with Crippen molar-refractivity contribution in [2.75, 3.05) is 0 Å². The summed E-state index contributed by atoms with van der Waals surface area (Å²) in [6.07, 6.45) is 0. The molecule has 0 fully saturated rings. The summed E-state index contributed by atoms with van der Waals surface area (Å²) in [5.41, 5.74) is 13.3. The second-order valence-corrected chi connectivity index (χ2v) is 15.6. The maximum atomic E-state index is 5.31. The molecule has 12 rings (SSSR count). The quantitative estimate of drug-likeness (QED) is 0.176. The van der Waals surface area contributed by atoms with Crippen LogP contribution in [-0.4, -0.2) is 19.1 Å². The lowest BCUT2D eigenvalue weighted by Crippen LogP contribution is -1.95. The van der Waals surface area contributed by atoms with E-state index in [4.69, 9.17) is 9.97 Å². The van der Waals surface area contributed by atoms with E-state index in [1.54, 1.807) is 11.3 Å². The zero-order valence-corrected chi connectivity index (χ0v) is 31.5. The van der Waals surface area contributed by atoms with Gasteiger partial charge in [0.15, 0.2) is 5.82 Å². The highest BCUT2D eigenvalue weighted by molar-refractivity contribution is 7.26. The van der Waals surface area contributed by atoms with Crippen molar-refractivity contribution >= 4 is 75.3 Å². The number of aromatic nitrogens is 4. The Labute approximate surface area is 332 Å². The van der Waals surface area contributed by atoms with Crippen LogP contribution in [0.2, 0.25) is 0 Å². The van der Waals surface area contributed by atoms with Crippen molar-refractivity contribution in [3.05, 3.63) is 194 Å². The normalized spacial score (nSPS) is 11.9.